The predicted octanol–water partition coefficient (Wildman–Crippen LogP) is 3.33. The fourth-order valence-corrected chi connectivity index (χ4v) is 7.44. The van der Waals surface area contributed by atoms with Gasteiger partial charge in [0.2, 0.25) is 10.0 Å². The number of rotatable bonds is 4. The van der Waals surface area contributed by atoms with Crippen LogP contribution in [0.3, 0.4) is 0 Å². The van der Waals surface area contributed by atoms with Gasteiger partial charge in [0.25, 0.3) is 0 Å². The zero-order chi connectivity index (χ0) is 21.8. The van der Waals surface area contributed by atoms with E-state index in [1.54, 1.807) is 16.7 Å². The molecule has 1 aromatic heterocycles. The summed E-state index contributed by atoms with van der Waals surface area (Å²) in [4.78, 5) is 11.1. The van der Waals surface area contributed by atoms with Crippen LogP contribution in [0.4, 0.5) is 5.82 Å². The Morgan fingerprint density at radius 1 is 1.23 bits per heavy atom. The lowest BCUT2D eigenvalue weighted by atomic mass is 9.81. The summed E-state index contributed by atoms with van der Waals surface area (Å²) >= 11 is 0. The molecule has 1 N–H and O–H groups in total. The number of aryl methyl sites for hydroxylation is 1. The van der Waals surface area contributed by atoms with Gasteiger partial charge in [-0.1, -0.05) is 12.1 Å². The first-order valence-corrected chi connectivity index (χ1v) is 12.8. The highest BCUT2D eigenvalue weighted by molar-refractivity contribution is 7.93. The van der Waals surface area contributed by atoms with Crippen LogP contribution in [0.5, 0.6) is 5.75 Å². The van der Waals surface area contributed by atoms with Crippen molar-refractivity contribution in [1.82, 2.24) is 14.9 Å². The van der Waals surface area contributed by atoms with Gasteiger partial charge in [-0.3, -0.25) is 9.88 Å². The van der Waals surface area contributed by atoms with E-state index in [9.17, 15) is 13.5 Å². The lowest BCUT2D eigenvalue weighted by Gasteiger charge is -2.47. The van der Waals surface area contributed by atoms with Crippen molar-refractivity contribution in [3.8, 4) is 5.75 Å². The molecule has 0 amide bonds. The van der Waals surface area contributed by atoms with Gasteiger partial charge in [0.05, 0.1) is 23.2 Å². The molecule has 2 aliphatic heterocycles. The highest BCUT2D eigenvalue weighted by atomic mass is 32.2. The molecule has 1 spiro atoms. The number of piperidine rings is 1. The SMILES string of the molecule is Cc1cncc(N2[C@@]3(CCN(Cc4ccc(O)c(C5CC5)c4)[C@@H](C)C3)CCS2(=O)=O)n1. The molecule has 5 rings (SSSR count). The van der Waals surface area contributed by atoms with Gasteiger partial charge in [-0.15, -0.1) is 0 Å². The molecule has 0 radical (unpaired) electrons. The lowest BCUT2D eigenvalue weighted by molar-refractivity contribution is 0.102. The van der Waals surface area contributed by atoms with E-state index in [-0.39, 0.29) is 11.8 Å². The topological polar surface area (TPSA) is 86.6 Å². The van der Waals surface area contributed by atoms with Gasteiger partial charge in [0.15, 0.2) is 5.82 Å². The summed E-state index contributed by atoms with van der Waals surface area (Å²) in [5, 5.41) is 10.2. The monoisotopic (exact) mass is 442 g/mol. The average Bonchev–Trinajstić information content (AvgIpc) is 3.52. The number of sulfonamides is 1. The van der Waals surface area contributed by atoms with E-state index in [4.69, 9.17) is 0 Å². The van der Waals surface area contributed by atoms with Crippen LogP contribution < -0.4 is 4.31 Å². The standard InChI is InChI=1S/C23H30N4O3S/c1-16-13-24-14-22(25-16)27-23(8-10-31(27,29)30)7-9-26(17(2)12-23)15-18-3-6-21(28)20(11-18)19-4-5-19/h3,6,11,13-14,17,19,28H,4-5,7-10,12,15H2,1-2H3/t17-,23-/m0/s1. The Morgan fingerprint density at radius 3 is 2.74 bits per heavy atom. The number of hydrogen-bond donors (Lipinski definition) is 1. The van der Waals surface area contributed by atoms with E-state index in [1.165, 1.54) is 5.56 Å². The van der Waals surface area contributed by atoms with Crippen LogP contribution in [0.15, 0.2) is 30.6 Å². The minimum Gasteiger partial charge on any atom is -0.508 e. The van der Waals surface area contributed by atoms with E-state index >= 15 is 0 Å². The molecule has 3 fully saturated rings. The molecule has 2 saturated heterocycles. The van der Waals surface area contributed by atoms with Crippen molar-refractivity contribution in [3.05, 3.63) is 47.4 Å². The Labute approximate surface area is 184 Å². The second-order valence-corrected chi connectivity index (χ2v) is 11.5. The van der Waals surface area contributed by atoms with E-state index in [0.29, 0.717) is 23.9 Å². The van der Waals surface area contributed by atoms with Crippen molar-refractivity contribution >= 4 is 15.8 Å². The van der Waals surface area contributed by atoms with Gasteiger partial charge in [0.1, 0.15) is 5.75 Å². The van der Waals surface area contributed by atoms with Gasteiger partial charge in [-0.25, -0.2) is 17.7 Å². The number of benzene rings is 1. The van der Waals surface area contributed by atoms with Gasteiger partial charge in [-0.2, -0.15) is 0 Å². The lowest BCUT2D eigenvalue weighted by Crippen LogP contribution is -2.56. The van der Waals surface area contributed by atoms with Crippen LogP contribution in [-0.4, -0.2) is 52.3 Å². The number of aromatic nitrogens is 2. The zero-order valence-corrected chi connectivity index (χ0v) is 19.0. The van der Waals surface area contributed by atoms with Crippen molar-refractivity contribution in [2.75, 3.05) is 16.6 Å². The van der Waals surface area contributed by atoms with E-state index < -0.39 is 15.6 Å². The largest absolute Gasteiger partial charge is 0.508 e. The molecule has 0 unspecified atom stereocenters. The maximum Gasteiger partial charge on any atom is 0.236 e. The summed E-state index contributed by atoms with van der Waals surface area (Å²) in [7, 11) is -3.39. The Kier molecular flexibility index (Phi) is 4.97. The average molecular weight is 443 g/mol. The summed E-state index contributed by atoms with van der Waals surface area (Å²) in [5.74, 6) is 1.53. The third kappa shape index (κ3) is 3.80. The molecular weight excluding hydrogens is 412 g/mol. The molecule has 1 aromatic carbocycles. The van der Waals surface area contributed by atoms with Gasteiger partial charge < -0.3 is 5.11 Å². The molecule has 0 bridgehead atoms. The number of anilines is 1. The maximum absolute atomic E-state index is 13.0. The molecule has 3 heterocycles. The summed E-state index contributed by atoms with van der Waals surface area (Å²) in [5.41, 5.74) is 2.58. The van der Waals surface area contributed by atoms with Crippen LogP contribution >= 0.6 is 0 Å². The number of phenolic OH excluding ortho intramolecular Hbond substituents is 1. The van der Waals surface area contributed by atoms with E-state index in [2.05, 4.69) is 27.9 Å². The predicted molar refractivity (Wildman–Crippen MR) is 120 cm³/mol. The van der Waals surface area contributed by atoms with E-state index in [0.717, 1.165) is 50.0 Å². The van der Waals surface area contributed by atoms with Crippen LogP contribution in [0.2, 0.25) is 0 Å². The van der Waals surface area contributed by atoms with Gasteiger partial charge in [-0.05, 0) is 69.1 Å². The first kappa shape index (κ1) is 20.7. The quantitative estimate of drug-likeness (QED) is 0.782. The maximum atomic E-state index is 13.0. The van der Waals surface area contributed by atoms with Crippen molar-refractivity contribution in [2.24, 2.45) is 0 Å². The van der Waals surface area contributed by atoms with E-state index in [1.807, 2.05) is 19.1 Å². The van der Waals surface area contributed by atoms with Crippen molar-refractivity contribution < 1.29 is 13.5 Å². The third-order valence-corrected chi connectivity index (χ3v) is 8.99. The first-order chi connectivity index (χ1) is 14.8. The van der Waals surface area contributed by atoms with Crippen LogP contribution in [0.25, 0.3) is 0 Å². The second kappa shape index (κ2) is 7.45. The zero-order valence-electron chi connectivity index (χ0n) is 18.2. The van der Waals surface area contributed by atoms with Gasteiger partial charge in [0, 0.05) is 25.3 Å². The molecule has 7 nitrogen and oxygen atoms in total. The molecule has 8 heteroatoms. The Morgan fingerprint density at radius 2 is 2.03 bits per heavy atom. The fraction of sp³-hybridized carbons (Fsp3) is 0.565. The Balaban J connectivity index is 1.37. The fourth-order valence-electron chi connectivity index (χ4n) is 5.40. The molecule has 1 aliphatic carbocycles. The second-order valence-electron chi connectivity index (χ2n) is 9.51. The number of phenols is 1. The molecule has 1 saturated carbocycles. The molecule has 3 aliphatic rings. The molecule has 166 valence electrons. The molecule has 31 heavy (non-hydrogen) atoms. The minimum absolute atomic E-state index is 0.165. The number of aromatic hydroxyl groups is 1. The number of hydrogen-bond acceptors (Lipinski definition) is 6. The van der Waals surface area contributed by atoms with Crippen LogP contribution in [0, 0.1) is 6.92 Å². The molecular formula is C23H30N4O3S. The highest BCUT2D eigenvalue weighted by Gasteiger charge is 2.53. The number of nitrogens with zero attached hydrogens (tertiary/aromatic N) is 4. The summed E-state index contributed by atoms with van der Waals surface area (Å²) < 4.78 is 27.6. The normalized spacial score (nSPS) is 28.3. The minimum atomic E-state index is -3.39. The molecule has 2 atom stereocenters. The summed E-state index contributed by atoms with van der Waals surface area (Å²) in [6.45, 7) is 5.67. The summed E-state index contributed by atoms with van der Waals surface area (Å²) in [6, 6.07) is 6.22. The van der Waals surface area contributed by atoms with Crippen molar-refractivity contribution in [3.63, 3.8) is 0 Å². The van der Waals surface area contributed by atoms with Crippen LogP contribution in [0.1, 0.15) is 61.8 Å². The van der Waals surface area contributed by atoms with Crippen molar-refractivity contribution in [2.45, 2.75) is 70.0 Å². The summed E-state index contributed by atoms with van der Waals surface area (Å²) in [6.07, 6.45) is 7.73. The van der Waals surface area contributed by atoms with Crippen molar-refractivity contribution in [1.29, 1.82) is 0 Å². The first-order valence-electron chi connectivity index (χ1n) is 11.2. The smallest absolute Gasteiger partial charge is 0.236 e. The Hall–Kier alpha value is -2.19. The Bertz CT molecular complexity index is 1100. The third-order valence-electron chi connectivity index (χ3n) is 7.14. The van der Waals surface area contributed by atoms with Gasteiger partial charge >= 0.3 is 0 Å². The number of likely N-dealkylation sites (tertiary alicyclic amines) is 1. The van der Waals surface area contributed by atoms with Crippen LogP contribution in [-0.2, 0) is 16.6 Å². The molecule has 2 aromatic rings. The highest BCUT2D eigenvalue weighted by Crippen LogP contribution is 2.46.